The Hall–Kier alpha value is -2.79. The van der Waals surface area contributed by atoms with E-state index in [-0.39, 0.29) is 41.3 Å². The molecule has 2 rings (SSSR count). The minimum atomic E-state index is -0.970. The van der Waals surface area contributed by atoms with Gasteiger partial charge in [0.1, 0.15) is 11.6 Å². The maximum Gasteiger partial charge on any atom is 0.243 e. The number of likely N-dealkylation sites (N-methyl/N-ethyl adjacent to an activating group) is 1. The third-order valence-corrected chi connectivity index (χ3v) is 4.38. The number of nitrogens with one attached hydrogen (secondary N) is 2. The van der Waals surface area contributed by atoms with E-state index in [4.69, 9.17) is 17.3 Å². The number of allylic oxidation sites excluding steroid dienone is 1. The molecular weight excluding hydrogens is 484 g/mol. The molecule has 30 heavy (non-hydrogen) atoms. The second-order valence-corrected chi connectivity index (χ2v) is 7.43. The molecule has 0 saturated carbocycles. The van der Waals surface area contributed by atoms with E-state index in [1.165, 1.54) is 29.6 Å². The monoisotopic (exact) mass is 501 g/mol. The summed E-state index contributed by atoms with van der Waals surface area (Å²) < 4.78 is 27.9. The Morgan fingerprint density at radius 2 is 2.13 bits per heavy atom. The predicted molar refractivity (Wildman–Crippen MR) is 116 cm³/mol. The minimum absolute atomic E-state index is 0.0466. The van der Waals surface area contributed by atoms with Gasteiger partial charge in [-0.15, -0.1) is 0 Å². The summed E-state index contributed by atoms with van der Waals surface area (Å²) in [5.74, 6) is -1.78. The first kappa shape index (κ1) is 23.5. The van der Waals surface area contributed by atoms with Crippen molar-refractivity contribution in [1.82, 2.24) is 14.9 Å². The van der Waals surface area contributed by atoms with Gasteiger partial charge < -0.3 is 21.3 Å². The summed E-state index contributed by atoms with van der Waals surface area (Å²) in [5.41, 5.74) is 5.99. The van der Waals surface area contributed by atoms with Crippen LogP contribution < -0.4 is 16.4 Å². The fourth-order valence-corrected chi connectivity index (χ4v) is 2.71. The van der Waals surface area contributed by atoms with E-state index in [1.807, 2.05) is 0 Å². The number of anilines is 2. The highest BCUT2D eigenvalue weighted by molar-refractivity contribution is 9.10. The van der Waals surface area contributed by atoms with Crippen molar-refractivity contribution in [2.75, 3.05) is 31.3 Å². The van der Waals surface area contributed by atoms with Crippen molar-refractivity contribution >= 4 is 51.4 Å². The number of carbonyl (C=O) groups is 1. The number of aliphatic imine (C=N–C) groups is 1. The Bertz CT molecular complexity index is 985. The lowest BCUT2D eigenvalue weighted by atomic mass is 10.2. The molecular formula is C18H19BrClF2N7O. The number of nitrogens with zero attached hydrogens (tertiary/aromatic N) is 4. The van der Waals surface area contributed by atoms with E-state index in [1.54, 1.807) is 14.1 Å². The van der Waals surface area contributed by atoms with Crippen molar-refractivity contribution in [3.63, 3.8) is 0 Å². The molecule has 2 aromatic rings. The number of hydrogen-bond donors (Lipinski definition) is 3. The Morgan fingerprint density at radius 1 is 1.40 bits per heavy atom. The van der Waals surface area contributed by atoms with Gasteiger partial charge in [-0.3, -0.25) is 9.79 Å². The van der Waals surface area contributed by atoms with Gasteiger partial charge in [-0.05, 0) is 12.1 Å². The molecule has 1 aromatic carbocycles. The zero-order chi connectivity index (χ0) is 22.3. The summed E-state index contributed by atoms with van der Waals surface area (Å²) in [6, 6.07) is 2.48. The third kappa shape index (κ3) is 6.63. The van der Waals surface area contributed by atoms with Gasteiger partial charge in [0, 0.05) is 43.1 Å². The first-order valence-corrected chi connectivity index (χ1v) is 9.67. The van der Waals surface area contributed by atoms with Crippen LogP contribution in [0.3, 0.4) is 0 Å². The van der Waals surface area contributed by atoms with Crippen molar-refractivity contribution in [1.29, 1.82) is 0 Å². The van der Waals surface area contributed by atoms with Crippen LogP contribution in [0, 0.1) is 11.6 Å². The van der Waals surface area contributed by atoms with Crippen LogP contribution >= 0.6 is 27.5 Å². The molecule has 0 unspecified atom stereocenters. The van der Waals surface area contributed by atoms with Crippen LogP contribution in [0.2, 0.25) is 5.02 Å². The molecule has 0 aliphatic heterocycles. The van der Waals surface area contributed by atoms with Crippen LogP contribution in [0.1, 0.15) is 5.56 Å². The molecule has 1 amide bonds. The Morgan fingerprint density at radius 3 is 2.80 bits per heavy atom. The second-order valence-electron chi connectivity index (χ2n) is 6.11. The Kier molecular flexibility index (Phi) is 8.48. The number of carbonyl (C=O) groups excluding carboxylic acids is 1. The maximum atomic E-state index is 13.9. The zero-order valence-electron chi connectivity index (χ0n) is 16.1. The second kappa shape index (κ2) is 10.8. The molecule has 0 saturated heterocycles. The highest BCUT2D eigenvalue weighted by Crippen LogP contribution is 2.23. The molecule has 0 spiro atoms. The molecule has 0 atom stereocenters. The number of benzene rings is 1. The van der Waals surface area contributed by atoms with E-state index >= 15 is 0 Å². The number of hydrogen-bond acceptors (Lipinski definition) is 7. The van der Waals surface area contributed by atoms with E-state index in [2.05, 4.69) is 41.5 Å². The van der Waals surface area contributed by atoms with Crippen LogP contribution in [0.5, 0.6) is 0 Å². The van der Waals surface area contributed by atoms with Gasteiger partial charge in [-0.1, -0.05) is 27.5 Å². The highest BCUT2D eigenvalue weighted by Gasteiger charge is 2.12. The summed E-state index contributed by atoms with van der Waals surface area (Å²) in [6.07, 6.45) is 3.93. The van der Waals surface area contributed by atoms with Crippen molar-refractivity contribution in [3.05, 3.63) is 56.9 Å². The molecule has 160 valence electrons. The van der Waals surface area contributed by atoms with Crippen LogP contribution in [0.4, 0.5) is 20.5 Å². The molecule has 0 aliphatic carbocycles. The molecule has 0 bridgehead atoms. The van der Waals surface area contributed by atoms with Crippen LogP contribution in [0.25, 0.3) is 0 Å². The predicted octanol–water partition coefficient (Wildman–Crippen LogP) is 3.15. The average molecular weight is 503 g/mol. The average Bonchev–Trinajstić information content (AvgIpc) is 2.70. The van der Waals surface area contributed by atoms with Crippen molar-refractivity contribution in [2.45, 2.75) is 6.54 Å². The quantitative estimate of drug-likeness (QED) is 0.378. The fourth-order valence-electron chi connectivity index (χ4n) is 2.08. The third-order valence-electron chi connectivity index (χ3n) is 3.65. The SMILES string of the molecule is CN(C)C(=O)CN=C/C(=C\N)Nc1ncc(Cl)c(NCc2cc(Br)cc(F)c2F)n1. The standard InChI is InChI=1S/C18H19BrClF2N7O/c1-29(2)15(30)9-24-7-12(5-23)27-18-26-8-13(20)17(28-18)25-6-10-3-11(19)4-14(21)16(10)22/h3-5,7-8H,6,9,23H2,1-2H3,(H2,25,26,27,28)/b12-5+,24-7?. The van der Waals surface area contributed by atoms with E-state index in [0.29, 0.717) is 10.2 Å². The zero-order valence-corrected chi connectivity index (χ0v) is 18.4. The topological polar surface area (TPSA) is 109 Å². The first-order chi connectivity index (χ1) is 14.2. The van der Waals surface area contributed by atoms with E-state index in [9.17, 15) is 13.6 Å². The van der Waals surface area contributed by atoms with Crippen LogP contribution in [0.15, 0.2) is 39.7 Å². The number of aromatic nitrogens is 2. The lowest BCUT2D eigenvalue weighted by Crippen LogP contribution is -2.24. The number of amides is 1. The van der Waals surface area contributed by atoms with E-state index < -0.39 is 11.6 Å². The lowest BCUT2D eigenvalue weighted by molar-refractivity contribution is -0.127. The molecule has 0 radical (unpaired) electrons. The Labute approximate surface area is 185 Å². The van der Waals surface area contributed by atoms with Crippen LogP contribution in [-0.2, 0) is 11.3 Å². The molecule has 1 heterocycles. The number of nitrogens with two attached hydrogens (primary N) is 1. The molecule has 0 fully saturated rings. The van der Waals surface area contributed by atoms with Gasteiger partial charge in [0.15, 0.2) is 17.5 Å². The summed E-state index contributed by atoms with van der Waals surface area (Å²) in [5, 5.41) is 5.85. The van der Waals surface area contributed by atoms with Gasteiger partial charge >= 0.3 is 0 Å². The minimum Gasteiger partial charge on any atom is -0.403 e. The molecule has 1 aromatic heterocycles. The number of rotatable bonds is 8. The lowest BCUT2D eigenvalue weighted by Gasteiger charge is -2.11. The molecule has 12 heteroatoms. The highest BCUT2D eigenvalue weighted by atomic mass is 79.9. The summed E-state index contributed by atoms with van der Waals surface area (Å²) in [6.45, 7) is -0.110. The normalized spacial score (nSPS) is 11.6. The van der Waals surface area contributed by atoms with Gasteiger partial charge in [0.25, 0.3) is 0 Å². The van der Waals surface area contributed by atoms with E-state index in [0.717, 1.165) is 6.07 Å². The van der Waals surface area contributed by atoms with Gasteiger partial charge in [-0.2, -0.15) is 4.98 Å². The fraction of sp³-hybridized carbons (Fsp3) is 0.222. The largest absolute Gasteiger partial charge is 0.403 e. The summed E-state index contributed by atoms with van der Waals surface area (Å²) >= 11 is 9.20. The first-order valence-electron chi connectivity index (χ1n) is 8.50. The van der Waals surface area contributed by atoms with Gasteiger partial charge in [0.2, 0.25) is 11.9 Å². The summed E-state index contributed by atoms with van der Waals surface area (Å²) in [7, 11) is 3.25. The van der Waals surface area contributed by atoms with Crippen molar-refractivity contribution in [3.8, 4) is 0 Å². The van der Waals surface area contributed by atoms with Crippen LogP contribution in [-0.4, -0.2) is 47.6 Å². The van der Waals surface area contributed by atoms with Crippen molar-refractivity contribution < 1.29 is 13.6 Å². The van der Waals surface area contributed by atoms with Gasteiger partial charge in [-0.25, -0.2) is 13.8 Å². The van der Waals surface area contributed by atoms with Crippen molar-refractivity contribution in [2.24, 2.45) is 10.7 Å². The molecule has 4 N–H and O–H groups in total. The molecule has 0 aliphatic rings. The Balaban J connectivity index is 2.09. The molecule has 8 nitrogen and oxygen atoms in total. The smallest absolute Gasteiger partial charge is 0.243 e. The van der Waals surface area contributed by atoms with Gasteiger partial charge in [0.05, 0.1) is 11.9 Å². The summed E-state index contributed by atoms with van der Waals surface area (Å²) in [4.78, 5) is 25.2. The number of halogens is 4. The maximum absolute atomic E-state index is 13.9.